The summed E-state index contributed by atoms with van der Waals surface area (Å²) in [7, 11) is 1.77. The van der Waals surface area contributed by atoms with Gasteiger partial charge in [-0.2, -0.15) is 0 Å². The minimum absolute atomic E-state index is 0.0840. The van der Waals surface area contributed by atoms with Crippen LogP contribution in [0.1, 0.15) is 26.7 Å². The van der Waals surface area contributed by atoms with Crippen LogP contribution in [0, 0.1) is 22.0 Å². The first-order valence-electron chi connectivity index (χ1n) is 5.93. The molecule has 3 unspecified atom stereocenters. The van der Waals surface area contributed by atoms with Crippen molar-refractivity contribution in [1.82, 2.24) is 9.55 Å². The number of imidazole rings is 1. The quantitative estimate of drug-likeness (QED) is 0.647. The average molecular weight is 238 g/mol. The Bertz CT molecular complexity index is 429. The van der Waals surface area contributed by atoms with Crippen LogP contribution in [0.15, 0.2) is 6.33 Å². The Morgan fingerprint density at radius 2 is 2.24 bits per heavy atom. The van der Waals surface area contributed by atoms with E-state index < -0.39 is 4.92 Å². The van der Waals surface area contributed by atoms with Crippen LogP contribution in [0.5, 0.6) is 0 Å². The predicted molar refractivity (Wildman–Crippen MR) is 64.8 cm³/mol. The van der Waals surface area contributed by atoms with Crippen molar-refractivity contribution < 1.29 is 4.92 Å². The van der Waals surface area contributed by atoms with Gasteiger partial charge in [0.2, 0.25) is 12.1 Å². The molecule has 1 aromatic heterocycles. The van der Waals surface area contributed by atoms with E-state index in [-0.39, 0.29) is 5.82 Å². The molecule has 0 aromatic carbocycles. The number of aryl methyl sites for hydroxylation is 1. The molecule has 6 nitrogen and oxygen atoms in total. The third-order valence-corrected chi connectivity index (χ3v) is 3.88. The van der Waals surface area contributed by atoms with E-state index >= 15 is 0 Å². The third kappa shape index (κ3) is 2.11. The number of hydrogen-bond donors (Lipinski definition) is 1. The molecule has 1 aromatic rings. The average Bonchev–Trinajstić information content (AvgIpc) is 2.78. The summed E-state index contributed by atoms with van der Waals surface area (Å²) in [5.74, 6) is 1.63. The van der Waals surface area contributed by atoms with Gasteiger partial charge in [-0.25, -0.2) is 0 Å². The van der Waals surface area contributed by atoms with Gasteiger partial charge in [-0.1, -0.05) is 13.8 Å². The minimum Gasteiger partial charge on any atom is -0.361 e. The van der Waals surface area contributed by atoms with Crippen molar-refractivity contribution in [2.45, 2.75) is 32.7 Å². The zero-order chi connectivity index (χ0) is 12.6. The fraction of sp³-hybridized carbons (Fsp3) is 0.727. The molecular weight excluding hydrogens is 220 g/mol. The topological polar surface area (TPSA) is 73.0 Å². The fourth-order valence-corrected chi connectivity index (χ4v) is 2.46. The summed E-state index contributed by atoms with van der Waals surface area (Å²) in [5, 5.41) is 14.1. The first-order chi connectivity index (χ1) is 8.00. The van der Waals surface area contributed by atoms with Gasteiger partial charge in [0.1, 0.15) is 0 Å². The minimum atomic E-state index is -0.439. The summed E-state index contributed by atoms with van der Waals surface area (Å²) in [4.78, 5) is 14.2. The lowest BCUT2D eigenvalue weighted by Gasteiger charge is -2.20. The smallest absolute Gasteiger partial charge is 0.361 e. The molecule has 1 aliphatic carbocycles. The third-order valence-electron chi connectivity index (χ3n) is 3.88. The molecule has 94 valence electrons. The maximum absolute atomic E-state index is 10.8. The lowest BCUT2D eigenvalue weighted by Crippen LogP contribution is -2.25. The Hall–Kier alpha value is -1.59. The normalized spacial score (nSPS) is 28.3. The van der Waals surface area contributed by atoms with E-state index in [1.807, 2.05) is 0 Å². The molecule has 17 heavy (non-hydrogen) atoms. The van der Waals surface area contributed by atoms with Crippen molar-refractivity contribution in [2.75, 3.05) is 5.32 Å². The van der Waals surface area contributed by atoms with Crippen LogP contribution in [-0.2, 0) is 7.05 Å². The molecule has 0 bridgehead atoms. The number of aromatic nitrogens is 2. The van der Waals surface area contributed by atoms with Crippen LogP contribution in [0.3, 0.4) is 0 Å². The lowest BCUT2D eigenvalue weighted by atomic mass is 9.98. The van der Waals surface area contributed by atoms with E-state index in [1.165, 1.54) is 12.7 Å². The molecule has 0 spiro atoms. The molecule has 1 heterocycles. The van der Waals surface area contributed by atoms with E-state index in [0.717, 1.165) is 6.42 Å². The number of nitrogens with zero attached hydrogens (tertiary/aromatic N) is 3. The van der Waals surface area contributed by atoms with Crippen molar-refractivity contribution in [1.29, 1.82) is 0 Å². The largest absolute Gasteiger partial charge is 0.406 e. The molecule has 0 amide bonds. The summed E-state index contributed by atoms with van der Waals surface area (Å²) in [6.07, 6.45) is 3.71. The highest BCUT2D eigenvalue weighted by atomic mass is 16.6. The molecule has 1 saturated carbocycles. The summed E-state index contributed by atoms with van der Waals surface area (Å²) in [5.41, 5.74) is 0. The van der Waals surface area contributed by atoms with Crippen molar-refractivity contribution >= 4 is 11.6 Å². The zero-order valence-corrected chi connectivity index (χ0v) is 10.4. The molecule has 0 aliphatic heterocycles. The van der Waals surface area contributed by atoms with E-state index in [2.05, 4.69) is 24.1 Å². The molecule has 0 radical (unpaired) electrons. The van der Waals surface area contributed by atoms with Gasteiger partial charge in [-0.3, -0.25) is 4.57 Å². The highest BCUT2D eigenvalue weighted by Gasteiger charge is 2.32. The maximum Gasteiger partial charge on any atom is 0.406 e. The van der Waals surface area contributed by atoms with Gasteiger partial charge in [0, 0.05) is 13.1 Å². The van der Waals surface area contributed by atoms with Crippen molar-refractivity contribution in [3.05, 3.63) is 16.4 Å². The Kier molecular flexibility index (Phi) is 3.04. The van der Waals surface area contributed by atoms with E-state index in [4.69, 9.17) is 0 Å². The Morgan fingerprint density at radius 1 is 1.53 bits per heavy atom. The molecular formula is C11H18N4O2. The Morgan fingerprint density at radius 3 is 2.76 bits per heavy atom. The predicted octanol–water partition coefficient (Wildman–Crippen LogP) is 2.17. The van der Waals surface area contributed by atoms with Crippen LogP contribution >= 0.6 is 0 Å². The molecule has 6 heteroatoms. The fourth-order valence-electron chi connectivity index (χ4n) is 2.46. The molecule has 2 rings (SSSR count). The van der Waals surface area contributed by atoms with Gasteiger partial charge >= 0.3 is 5.82 Å². The second-order valence-electron chi connectivity index (χ2n) is 4.95. The van der Waals surface area contributed by atoms with Gasteiger partial charge in [0.25, 0.3) is 0 Å². The Labute approximate surface area is 100 Å². The number of rotatable bonds is 3. The van der Waals surface area contributed by atoms with Gasteiger partial charge < -0.3 is 15.4 Å². The van der Waals surface area contributed by atoms with E-state index in [1.54, 1.807) is 11.6 Å². The summed E-state index contributed by atoms with van der Waals surface area (Å²) < 4.78 is 1.67. The molecule has 1 N–H and O–H groups in total. The number of nitrogens with one attached hydrogen (secondary N) is 1. The van der Waals surface area contributed by atoms with Crippen molar-refractivity contribution in [3.63, 3.8) is 0 Å². The highest BCUT2D eigenvalue weighted by molar-refractivity contribution is 5.52. The Balaban J connectivity index is 2.18. The first kappa shape index (κ1) is 11.9. The van der Waals surface area contributed by atoms with Crippen LogP contribution in [0.2, 0.25) is 0 Å². The monoisotopic (exact) mass is 238 g/mol. The second-order valence-corrected chi connectivity index (χ2v) is 4.95. The van der Waals surface area contributed by atoms with Crippen molar-refractivity contribution in [3.8, 4) is 0 Å². The number of nitro groups is 1. The van der Waals surface area contributed by atoms with Gasteiger partial charge in [-0.05, 0) is 34.6 Å². The van der Waals surface area contributed by atoms with E-state index in [0.29, 0.717) is 23.7 Å². The van der Waals surface area contributed by atoms with Gasteiger partial charge in [-0.15, -0.1) is 0 Å². The molecule has 0 saturated heterocycles. The standard InChI is InChI=1S/C11H18N4O2/c1-7-4-5-9(8(7)2)13-11-10(15(16)17)12-6-14(11)3/h6-9,13H,4-5H2,1-3H3. The maximum atomic E-state index is 10.8. The first-order valence-corrected chi connectivity index (χ1v) is 5.93. The summed E-state index contributed by atoms with van der Waals surface area (Å²) in [6, 6.07) is 0.305. The zero-order valence-electron chi connectivity index (χ0n) is 10.4. The molecule has 3 atom stereocenters. The van der Waals surface area contributed by atoms with Gasteiger partial charge in [0.05, 0.1) is 0 Å². The van der Waals surface area contributed by atoms with Gasteiger partial charge in [0.15, 0.2) is 0 Å². The lowest BCUT2D eigenvalue weighted by molar-refractivity contribution is -0.388. The summed E-state index contributed by atoms with van der Waals surface area (Å²) >= 11 is 0. The van der Waals surface area contributed by atoms with Crippen LogP contribution in [0.4, 0.5) is 11.6 Å². The van der Waals surface area contributed by atoms with E-state index in [9.17, 15) is 10.1 Å². The highest BCUT2D eigenvalue weighted by Crippen LogP contribution is 2.34. The van der Waals surface area contributed by atoms with Crippen LogP contribution in [0.25, 0.3) is 0 Å². The van der Waals surface area contributed by atoms with Crippen molar-refractivity contribution in [2.24, 2.45) is 18.9 Å². The number of hydrogen-bond acceptors (Lipinski definition) is 4. The van der Waals surface area contributed by atoms with Crippen LogP contribution in [-0.4, -0.2) is 20.5 Å². The van der Waals surface area contributed by atoms with Crippen LogP contribution < -0.4 is 5.32 Å². The molecule has 1 aliphatic rings. The molecule has 1 fully saturated rings. The SMILES string of the molecule is CC1CCC(Nc2c([N+](=O)[O-])ncn2C)C1C. The second kappa shape index (κ2) is 4.35. The summed E-state index contributed by atoms with van der Waals surface area (Å²) in [6.45, 7) is 4.42. The number of anilines is 1.